The van der Waals surface area contributed by atoms with Gasteiger partial charge in [0.15, 0.2) is 23.2 Å². The molecule has 1 aromatic carbocycles. The average molecular weight is 343 g/mol. The van der Waals surface area contributed by atoms with Gasteiger partial charge in [-0.05, 0) is 45.8 Å². The molecule has 8 heteroatoms. The molecule has 0 fully saturated rings. The van der Waals surface area contributed by atoms with Gasteiger partial charge < -0.3 is 15.2 Å². The van der Waals surface area contributed by atoms with Crippen LogP contribution in [-0.4, -0.2) is 25.0 Å². The van der Waals surface area contributed by atoms with E-state index in [1.807, 2.05) is 6.07 Å². The molecule has 0 atom stereocenters. The number of hydrogen-bond donors (Lipinski definition) is 2. The Morgan fingerprint density at radius 2 is 2.42 bits per heavy atom. The molecule has 0 saturated carbocycles. The molecule has 19 heavy (non-hydrogen) atoms. The van der Waals surface area contributed by atoms with Crippen LogP contribution in [0.15, 0.2) is 21.7 Å². The lowest BCUT2D eigenvalue weighted by molar-refractivity contribution is 0.327. The maximum atomic E-state index is 8.52. The highest BCUT2D eigenvalue weighted by atomic mass is 79.9. The number of hydrogen-bond acceptors (Lipinski definition) is 5. The number of methoxy groups -OCH3 is 1. The molecule has 1 rings (SSSR count). The van der Waals surface area contributed by atoms with Gasteiger partial charge in [-0.15, -0.1) is 0 Å². The minimum absolute atomic E-state index is 0.0641. The van der Waals surface area contributed by atoms with Gasteiger partial charge in [0.1, 0.15) is 6.07 Å². The standard InChI is InChI=1S/C11H11BrN4O2S/c1-17-9-5-7(6-15-16-11(14)19)4-8(12)10(9)18-3-2-13/h4-6H,3H2,1H3,(H3,14,16,19)/b15-6+. The monoisotopic (exact) mass is 342 g/mol. The van der Waals surface area contributed by atoms with Crippen molar-refractivity contribution in [3.05, 3.63) is 22.2 Å². The summed E-state index contributed by atoms with van der Waals surface area (Å²) < 4.78 is 11.1. The number of ether oxygens (including phenoxy) is 2. The third-order valence-electron chi connectivity index (χ3n) is 1.92. The third-order valence-corrected chi connectivity index (χ3v) is 2.60. The van der Waals surface area contributed by atoms with Crippen molar-refractivity contribution < 1.29 is 9.47 Å². The second-order valence-corrected chi connectivity index (χ2v) is 4.51. The fourth-order valence-electron chi connectivity index (χ4n) is 1.23. The van der Waals surface area contributed by atoms with E-state index in [0.717, 1.165) is 5.56 Å². The summed E-state index contributed by atoms with van der Waals surface area (Å²) in [6.45, 7) is -0.0641. The molecular formula is C11H11BrN4O2S. The summed E-state index contributed by atoms with van der Waals surface area (Å²) in [6, 6.07) is 5.37. The number of rotatable bonds is 5. The lowest BCUT2D eigenvalue weighted by Gasteiger charge is -2.11. The van der Waals surface area contributed by atoms with Crippen LogP contribution in [0.4, 0.5) is 0 Å². The molecule has 0 aliphatic carbocycles. The summed E-state index contributed by atoms with van der Waals surface area (Å²) in [5, 5.41) is 12.4. The molecule has 0 bridgehead atoms. The normalized spacial score (nSPS) is 9.95. The molecule has 0 spiro atoms. The maximum absolute atomic E-state index is 8.52. The molecule has 3 N–H and O–H groups in total. The molecule has 0 amide bonds. The van der Waals surface area contributed by atoms with Gasteiger partial charge in [-0.2, -0.15) is 10.4 Å². The van der Waals surface area contributed by atoms with E-state index >= 15 is 0 Å². The average Bonchev–Trinajstić information content (AvgIpc) is 2.36. The topological polar surface area (TPSA) is 92.7 Å². The molecule has 0 aliphatic rings. The number of halogens is 1. The highest BCUT2D eigenvalue weighted by molar-refractivity contribution is 9.10. The predicted molar refractivity (Wildman–Crippen MR) is 79.3 cm³/mol. The van der Waals surface area contributed by atoms with E-state index in [1.165, 1.54) is 13.3 Å². The molecule has 0 radical (unpaired) electrons. The lowest BCUT2D eigenvalue weighted by Crippen LogP contribution is -2.23. The fraction of sp³-hybridized carbons (Fsp3) is 0.182. The number of thiocarbonyl (C=S) groups is 1. The Kier molecular flexibility index (Phi) is 6.05. The Morgan fingerprint density at radius 3 is 3.00 bits per heavy atom. The van der Waals surface area contributed by atoms with Crippen molar-refractivity contribution in [1.29, 1.82) is 5.26 Å². The first-order chi connectivity index (χ1) is 9.08. The van der Waals surface area contributed by atoms with Crippen LogP contribution in [0.25, 0.3) is 0 Å². The van der Waals surface area contributed by atoms with Crippen LogP contribution in [-0.2, 0) is 0 Å². The van der Waals surface area contributed by atoms with Gasteiger partial charge in [-0.3, -0.25) is 5.43 Å². The van der Waals surface area contributed by atoms with Crippen molar-refractivity contribution in [1.82, 2.24) is 5.43 Å². The van der Waals surface area contributed by atoms with Crippen LogP contribution < -0.4 is 20.6 Å². The van der Waals surface area contributed by atoms with E-state index in [9.17, 15) is 0 Å². The molecule has 1 aromatic rings. The molecular weight excluding hydrogens is 332 g/mol. The number of nitriles is 1. The summed E-state index contributed by atoms with van der Waals surface area (Å²) in [5.41, 5.74) is 8.44. The molecule has 0 heterocycles. The van der Waals surface area contributed by atoms with Crippen LogP contribution in [0.3, 0.4) is 0 Å². The van der Waals surface area contributed by atoms with Gasteiger partial charge in [0, 0.05) is 0 Å². The van der Waals surface area contributed by atoms with Gasteiger partial charge >= 0.3 is 0 Å². The zero-order valence-electron chi connectivity index (χ0n) is 10.0. The van der Waals surface area contributed by atoms with Crippen molar-refractivity contribution in [2.75, 3.05) is 13.7 Å². The molecule has 6 nitrogen and oxygen atoms in total. The SMILES string of the molecule is COc1cc(/C=N/NC(N)=S)cc(Br)c1OCC#N. The first kappa shape index (κ1) is 15.2. The number of benzene rings is 1. The second kappa shape index (κ2) is 7.56. The Balaban J connectivity index is 2.99. The third kappa shape index (κ3) is 4.73. The van der Waals surface area contributed by atoms with Crippen LogP contribution in [0.2, 0.25) is 0 Å². The quantitative estimate of drug-likeness (QED) is 0.478. The Hall–Kier alpha value is -1.85. The fourth-order valence-corrected chi connectivity index (χ4v) is 1.86. The summed E-state index contributed by atoms with van der Waals surface area (Å²) in [6.07, 6.45) is 1.53. The van der Waals surface area contributed by atoms with Crippen molar-refractivity contribution in [2.24, 2.45) is 10.8 Å². The highest BCUT2D eigenvalue weighted by Gasteiger charge is 2.10. The summed E-state index contributed by atoms with van der Waals surface area (Å²) >= 11 is 7.97. The Morgan fingerprint density at radius 1 is 1.68 bits per heavy atom. The van der Waals surface area contributed by atoms with Crippen LogP contribution in [0.1, 0.15) is 5.56 Å². The smallest absolute Gasteiger partial charge is 0.184 e. The molecule has 100 valence electrons. The molecule has 0 aromatic heterocycles. The zero-order valence-corrected chi connectivity index (χ0v) is 12.4. The van der Waals surface area contributed by atoms with Crippen molar-refractivity contribution in [2.45, 2.75) is 0 Å². The lowest BCUT2D eigenvalue weighted by atomic mass is 10.2. The van der Waals surface area contributed by atoms with Gasteiger partial charge in [0.05, 0.1) is 17.8 Å². The first-order valence-electron chi connectivity index (χ1n) is 5.04. The van der Waals surface area contributed by atoms with Crippen molar-refractivity contribution in [3.63, 3.8) is 0 Å². The van der Waals surface area contributed by atoms with Gasteiger partial charge in [-0.1, -0.05) is 0 Å². The van der Waals surface area contributed by atoms with Gasteiger partial charge in [-0.25, -0.2) is 0 Å². The van der Waals surface area contributed by atoms with Crippen LogP contribution in [0.5, 0.6) is 11.5 Å². The van der Waals surface area contributed by atoms with Crippen molar-refractivity contribution >= 4 is 39.5 Å². The van der Waals surface area contributed by atoms with E-state index in [0.29, 0.717) is 16.0 Å². The van der Waals surface area contributed by atoms with Crippen LogP contribution >= 0.6 is 28.1 Å². The largest absolute Gasteiger partial charge is 0.493 e. The minimum atomic E-state index is -0.0641. The predicted octanol–water partition coefficient (Wildman–Crippen LogP) is 1.53. The molecule has 0 unspecified atom stereocenters. The Bertz CT molecular complexity index is 542. The van der Waals surface area contributed by atoms with E-state index in [1.54, 1.807) is 12.1 Å². The van der Waals surface area contributed by atoms with Crippen LogP contribution in [0, 0.1) is 11.3 Å². The number of nitrogens with one attached hydrogen (secondary N) is 1. The van der Waals surface area contributed by atoms with E-state index < -0.39 is 0 Å². The minimum Gasteiger partial charge on any atom is -0.493 e. The summed E-state index contributed by atoms with van der Waals surface area (Å²) in [4.78, 5) is 0. The Labute approximate surface area is 124 Å². The highest BCUT2D eigenvalue weighted by Crippen LogP contribution is 2.36. The van der Waals surface area contributed by atoms with E-state index in [-0.39, 0.29) is 11.7 Å². The zero-order chi connectivity index (χ0) is 14.3. The first-order valence-corrected chi connectivity index (χ1v) is 6.24. The molecule has 0 saturated heterocycles. The maximum Gasteiger partial charge on any atom is 0.184 e. The summed E-state index contributed by atoms with van der Waals surface area (Å²) in [5.74, 6) is 0.949. The number of nitrogens with zero attached hydrogens (tertiary/aromatic N) is 2. The van der Waals surface area contributed by atoms with Gasteiger partial charge in [0.2, 0.25) is 0 Å². The van der Waals surface area contributed by atoms with Crippen molar-refractivity contribution in [3.8, 4) is 17.6 Å². The number of nitrogens with two attached hydrogens (primary N) is 1. The number of hydrazone groups is 1. The van der Waals surface area contributed by atoms with E-state index in [4.69, 9.17) is 20.5 Å². The summed E-state index contributed by atoms with van der Waals surface area (Å²) in [7, 11) is 1.51. The van der Waals surface area contributed by atoms with Gasteiger partial charge in [0.25, 0.3) is 0 Å². The van der Waals surface area contributed by atoms with E-state index in [2.05, 4.69) is 38.7 Å². The second-order valence-electron chi connectivity index (χ2n) is 3.22. The molecule has 0 aliphatic heterocycles.